The first-order valence-corrected chi connectivity index (χ1v) is 11.6. The highest BCUT2D eigenvalue weighted by Crippen LogP contribution is 2.30. The standard InChI is InChI=1S/C26H28N4O4/c1-34-20-8-9-22-21(14-20)18(15-28-22)10-11-27-24(31)7-4-12-29-25(32)23-13-17-5-2-3-6-19(17)16-30(23)26(29)33/h2-3,5-6,8-9,14-15,23,28H,4,7,10-13,16H2,1H3,(H,27,31). The molecule has 2 aliphatic rings. The molecular formula is C26H28N4O4. The minimum atomic E-state index is -0.425. The lowest BCUT2D eigenvalue weighted by Gasteiger charge is -2.28. The topological polar surface area (TPSA) is 94.7 Å². The van der Waals surface area contributed by atoms with Crippen molar-refractivity contribution in [3.63, 3.8) is 0 Å². The van der Waals surface area contributed by atoms with Gasteiger partial charge in [-0.25, -0.2) is 4.79 Å². The molecule has 8 nitrogen and oxygen atoms in total. The summed E-state index contributed by atoms with van der Waals surface area (Å²) in [6, 6.07) is 13.1. The van der Waals surface area contributed by atoms with Crippen molar-refractivity contribution in [2.75, 3.05) is 20.2 Å². The fourth-order valence-electron chi connectivity index (χ4n) is 4.89. The Morgan fingerprint density at radius 3 is 2.82 bits per heavy atom. The molecule has 3 heterocycles. The predicted octanol–water partition coefficient (Wildman–Crippen LogP) is 3.00. The van der Waals surface area contributed by atoms with Crippen molar-refractivity contribution in [2.45, 2.75) is 38.3 Å². The fraction of sp³-hybridized carbons (Fsp3) is 0.346. The average molecular weight is 461 g/mol. The second kappa shape index (κ2) is 9.21. The second-order valence-corrected chi connectivity index (χ2v) is 8.82. The first-order chi connectivity index (χ1) is 16.5. The van der Waals surface area contributed by atoms with Crippen molar-refractivity contribution >= 4 is 28.7 Å². The number of ether oxygens (including phenoxy) is 1. The van der Waals surface area contributed by atoms with Crippen LogP contribution in [0.5, 0.6) is 5.75 Å². The van der Waals surface area contributed by atoms with Crippen LogP contribution in [0.4, 0.5) is 4.79 Å². The highest BCUT2D eigenvalue weighted by atomic mass is 16.5. The Balaban J connectivity index is 1.09. The molecule has 2 N–H and O–H groups in total. The van der Waals surface area contributed by atoms with Gasteiger partial charge in [0.25, 0.3) is 5.91 Å². The van der Waals surface area contributed by atoms with E-state index in [0.717, 1.165) is 33.3 Å². The van der Waals surface area contributed by atoms with Crippen LogP contribution in [0.15, 0.2) is 48.7 Å². The summed E-state index contributed by atoms with van der Waals surface area (Å²) in [5, 5.41) is 4.02. The number of aromatic amines is 1. The van der Waals surface area contributed by atoms with E-state index in [4.69, 9.17) is 4.74 Å². The highest BCUT2D eigenvalue weighted by molar-refractivity contribution is 6.04. The maximum Gasteiger partial charge on any atom is 0.327 e. The van der Waals surface area contributed by atoms with Gasteiger partial charge in [0.2, 0.25) is 5.91 Å². The SMILES string of the molecule is COc1ccc2[nH]cc(CCNC(=O)CCCN3C(=O)C4Cc5ccccc5CN4C3=O)c2c1. The van der Waals surface area contributed by atoms with Gasteiger partial charge in [-0.1, -0.05) is 24.3 Å². The van der Waals surface area contributed by atoms with Crippen LogP contribution < -0.4 is 10.1 Å². The zero-order valence-electron chi connectivity index (χ0n) is 19.2. The number of aromatic nitrogens is 1. The van der Waals surface area contributed by atoms with Crippen LogP contribution in [0.1, 0.15) is 29.5 Å². The number of urea groups is 1. The van der Waals surface area contributed by atoms with E-state index in [1.807, 2.05) is 48.7 Å². The number of H-pyrrole nitrogens is 1. The Bertz CT molecular complexity index is 1210. The summed E-state index contributed by atoms with van der Waals surface area (Å²) in [4.78, 5) is 44.2. The predicted molar refractivity (Wildman–Crippen MR) is 127 cm³/mol. The van der Waals surface area contributed by atoms with Gasteiger partial charge in [-0.2, -0.15) is 0 Å². The molecule has 1 unspecified atom stereocenters. The molecule has 176 valence electrons. The summed E-state index contributed by atoms with van der Waals surface area (Å²) in [5.74, 6) is 0.555. The largest absolute Gasteiger partial charge is 0.497 e. The van der Waals surface area contributed by atoms with Crippen molar-refractivity contribution in [3.8, 4) is 5.75 Å². The summed E-state index contributed by atoms with van der Waals surface area (Å²) in [7, 11) is 1.64. The number of hydrogen-bond acceptors (Lipinski definition) is 4. The molecular weight excluding hydrogens is 432 g/mol. The molecule has 8 heteroatoms. The average Bonchev–Trinajstić information content (AvgIpc) is 3.36. The quantitative estimate of drug-likeness (QED) is 0.505. The summed E-state index contributed by atoms with van der Waals surface area (Å²) in [5.41, 5.74) is 4.36. The van der Waals surface area contributed by atoms with Crippen LogP contribution in [0.2, 0.25) is 0 Å². The van der Waals surface area contributed by atoms with Crippen molar-refractivity contribution in [1.82, 2.24) is 20.1 Å². The van der Waals surface area contributed by atoms with Gasteiger partial charge in [-0.3, -0.25) is 14.5 Å². The molecule has 5 rings (SSSR count). The molecule has 2 aliphatic heterocycles. The highest BCUT2D eigenvalue weighted by Gasteiger charge is 2.46. The van der Waals surface area contributed by atoms with Gasteiger partial charge in [0.1, 0.15) is 11.8 Å². The van der Waals surface area contributed by atoms with Crippen LogP contribution in [0.3, 0.4) is 0 Å². The maximum absolute atomic E-state index is 12.8. The zero-order valence-corrected chi connectivity index (χ0v) is 19.2. The number of benzene rings is 2. The van der Waals surface area contributed by atoms with Gasteiger partial charge in [0, 0.05) is 49.6 Å². The number of nitrogens with one attached hydrogen (secondary N) is 2. The van der Waals surface area contributed by atoms with Gasteiger partial charge in [0.05, 0.1) is 7.11 Å². The summed E-state index contributed by atoms with van der Waals surface area (Å²) in [6.07, 6.45) is 3.91. The van der Waals surface area contributed by atoms with E-state index in [9.17, 15) is 14.4 Å². The van der Waals surface area contributed by atoms with E-state index < -0.39 is 6.04 Å². The number of hydrogen-bond donors (Lipinski definition) is 2. The van der Waals surface area contributed by atoms with Crippen LogP contribution >= 0.6 is 0 Å². The van der Waals surface area contributed by atoms with Gasteiger partial charge >= 0.3 is 6.03 Å². The lowest BCUT2D eigenvalue weighted by Crippen LogP contribution is -2.39. The van der Waals surface area contributed by atoms with Gasteiger partial charge in [-0.15, -0.1) is 0 Å². The molecule has 0 aliphatic carbocycles. The number of fused-ring (bicyclic) bond motifs is 3. The number of methoxy groups -OCH3 is 1. The number of amides is 4. The maximum atomic E-state index is 12.8. The molecule has 1 aromatic heterocycles. The normalized spacial score (nSPS) is 17.1. The molecule has 0 spiro atoms. The minimum Gasteiger partial charge on any atom is -0.497 e. The van der Waals surface area contributed by atoms with E-state index in [-0.39, 0.29) is 30.8 Å². The summed E-state index contributed by atoms with van der Waals surface area (Å²) < 4.78 is 5.30. The number of carbonyl (C=O) groups is 3. The molecule has 2 aromatic carbocycles. The zero-order chi connectivity index (χ0) is 23.7. The molecule has 1 saturated heterocycles. The Labute approximate surface area is 197 Å². The second-order valence-electron chi connectivity index (χ2n) is 8.82. The Morgan fingerprint density at radius 1 is 1.18 bits per heavy atom. The van der Waals surface area contributed by atoms with Crippen molar-refractivity contribution < 1.29 is 19.1 Å². The fourth-order valence-corrected chi connectivity index (χ4v) is 4.89. The molecule has 3 aromatic rings. The number of nitrogens with zero attached hydrogens (tertiary/aromatic N) is 2. The summed E-state index contributed by atoms with van der Waals surface area (Å²) >= 11 is 0. The molecule has 0 radical (unpaired) electrons. The van der Waals surface area contributed by atoms with Gasteiger partial charge in [-0.05, 0) is 47.7 Å². The van der Waals surface area contributed by atoms with Crippen LogP contribution in [0.25, 0.3) is 10.9 Å². The molecule has 0 bridgehead atoms. The number of rotatable bonds is 8. The van der Waals surface area contributed by atoms with Crippen LogP contribution in [0, 0.1) is 0 Å². The van der Waals surface area contributed by atoms with Crippen molar-refractivity contribution in [2.24, 2.45) is 0 Å². The van der Waals surface area contributed by atoms with E-state index in [1.165, 1.54) is 4.90 Å². The first-order valence-electron chi connectivity index (χ1n) is 11.6. The van der Waals surface area contributed by atoms with Crippen molar-refractivity contribution in [1.29, 1.82) is 0 Å². The Hall–Kier alpha value is -3.81. The minimum absolute atomic E-state index is 0.0818. The molecule has 0 saturated carbocycles. The van der Waals surface area contributed by atoms with E-state index >= 15 is 0 Å². The third-order valence-electron chi connectivity index (χ3n) is 6.75. The molecule has 1 fully saturated rings. The van der Waals surface area contributed by atoms with E-state index in [0.29, 0.717) is 32.4 Å². The lowest BCUT2D eigenvalue weighted by atomic mass is 9.95. The molecule has 1 atom stereocenters. The third kappa shape index (κ3) is 4.11. The number of carbonyl (C=O) groups excluding carboxylic acids is 3. The third-order valence-corrected chi connectivity index (χ3v) is 6.75. The molecule has 34 heavy (non-hydrogen) atoms. The Kier molecular flexibility index (Phi) is 5.96. The summed E-state index contributed by atoms with van der Waals surface area (Å²) in [6.45, 7) is 1.23. The Morgan fingerprint density at radius 2 is 2.00 bits per heavy atom. The van der Waals surface area contributed by atoms with E-state index in [1.54, 1.807) is 12.0 Å². The first kappa shape index (κ1) is 22.0. The van der Waals surface area contributed by atoms with E-state index in [2.05, 4.69) is 10.3 Å². The molecule has 4 amide bonds. The lowest BCUT2D eigenvalue weighted by molar-refractivity contribution is -0.129. The van der Waals surface area contributed by atoms with Gasteiger partial charge < -0.3 is 19.9 Å². The van der Waals surface area contributed by atoms with Gasteiger partial charge in [0.15, 0.2) is 0 Å². The smallest absolute Gasteiger partial charge is 0.327 e. The number of imide groups is 1. The van der Waals surface area contributed by atoms with Crippen LogP contribution in [-0.2, 0) is 29.0 Å². The van der Waals surface area contributed by atoms with Crippen LogP contribution in [-0.4, -0.2) is 58.9 Å². The monoisotopic (exact) mass is 460 g/mol. The van der Waals surface area contributed by atoms with Crippen molar-refractivity contribution in [3.05, 3.63) is 65.4 Å².